The molecule has 0 aliphatic heterocycles. The molecule has 0 N–H and O–H groups in total. The molecule has 0 saturated carbocycles. The van der Waals surface area contributed by atoms with Gasteiger partial charge < -0.3 is 9.05 Å². The lowest BCUT2D eigenvalue weighted by molar-refractivity contribution is 0.213. The van der Waals surface area contributed by atoms with E-state index in [-0.39, 0.29) is 11.3 Å². The fraction of sp³-hybridized carbons (Fsp3) is 0.529. The lowest BCUT2D eigenvalue weighted by Crippen LogP contribution is -2.33. The topological polar surface area (TPSA) is 35.5 Å². The predicted octanol–water partition coefficient (Wildman–Crippen LogP) is 4.87. The summed E-state index contributed by atoms with van der Waals surface area (Å²) in [7, 11) is -3.03. The van der Waals surface area contributed by atoms with E-state index in [0.717, 1.165) is 0 Å². The van der Waals surface area contributed by atoms with E-state index in [1.54, 1.807) is 0 Å². The first-order valence-electron chi connectivity index (χ1n) is 7.59. The molecule has 1 aromatic rings. The molecule has 0 bridgehead atoms. The van der Waals surface area contributed by atoms with Crippen molar-refractivity contribution in [3.63, 3.8) is 0 Å². The Hall–Kier alpha value is -0.890. The molecule has 0 spiro atoms. The minimum atomic E-state index is -3.03. The van der Waals surface area contributed by atoms with Gasteiger partial charge in [0, 0.05) is 0 Å². The molecule has 4 heteroatoms. The SMILES string of the molecule is CCOP(=O)(CC1C=Cc2ccccc2C1(C)C)OCC. The van der Waals surface area contributed by atoms with Crippen molar-refractivity contribution in [2.75, 3.05) is 19.4 Å². The number of fused-ring (bicyclic) bond motifs is 1. The number of hydrogen-bond acceptors (Lipinski definition) is 3. The van der Waals surface area contributed by atoms with Gasteiger partial charge in [-0.1, -0.05) is 50.3 Å². The molecule has 1 unspecified atom stereocenters. The zero-order valence-corrected chi connectivity index (χ0v) is 14.2. The quantitative estimate of drug-likeness (QED) is 0.703. The van der Waals surface area contributed by atoms with Crippen molar-refractivity contribution < 1.29 is 13.6 Å². The highest BCUT2D eigenvalue weighted by Crippen LogP contribution is 2.54. The van der Waals surface area contributed by atoms with E-state index >= 15 is 0 Å². The van der Waals surface area contributed by atoms with Crippen molar-refractivity contribution in [1.82, 2.24) is 0 Å². The summed E-state index contributed by atoms with van der Waals surface area (Å²) < 4.78 is 23.7. The van der Waals surface area contributed by atoms with E-state index in [9.17, 15) is 4.57 Å². The zero-order valence-electron chi connectivity index (χ0n) is 13.3. The minimum absolute atomic E-state index is 0.0881. The highest BCUT2D eigenvalue weighted by atomic mass is 31.2. The van der Waals surface area contributed by atoms with E-state index in [1.807, 2.05) is 19.9 Å². The Morgan fingerprint density at radius 2 is 1.76 bits per heavy atom. The standard InChI is InChI=1S/C17H25O3P/c1-5-19-21(18,20-6-2)13-15-12-11-14-9-7-8-10-16(14)17(15,3)4/h7-12,15H,5-6,13H2,1-4H3. The van der Waals surface area contributed by atoms with Crippen LogP contribution in [0.2, 0.25) is 0 Å². The summed E-state index contributed by atoms with van der Waals surface area (Å²) in [6.45, 7) is 8.91. The van der Waals surface area contributed by atoms with Gasteiger partial charge in [0.25, 0.3) is 0 Å². The van der Waals surface area contributed by atoms with Crippen LogP contribution in [0.5, 0.6) is 0 Å². The van der Waals surface area contributed by atoms with Gasteiger partial charge in [0.15, 0.2) is 0 Å². The van der Waals surface area contributed by atoms with Gasteiger partial charge in [0.1, 0.15) is 0 Å². The van der Waals surface area contributed by atoms with Crippen molar-refractivity contribution >= 4 is 13.7 Å². The van der Waals surface area contributed by atoms with Crippen LogP contribution in [0.15, 0.2) is 30.3 Å². The van der Waals surface area contributed by atoms with Crippen molar-refractivity contribution in [2.24, 2.45) is 5.92 Å². The number of hydrogen-bond donors (Lipinski definition) is 0. The maximum Gasteiger partial charge on any atom is 0.331 e. The summed E-state index contributed by atoms with van der Waals surface area (Å²) in [5.74, 6) is 0.135. The highest BCUT2D eigenvalue weighted by Gasteiger charge is 2.39. The Balaban J connectivity index is 2.28. The second-order valence-corrected chi connectivity index (χ2v) is 8.01. The van der Waals surface area contributed by atoms with E-state index in [2.05, 4.69) is 44.2 Å². The lowest BCUT2D eigenvalue weighted by atomic mass is 9.69. The molecule has 3 nitrogen and oxygen atoms in total. The van der Waals surface area contributed by atoms with Crippen LogP contribution < -0.4 is 0 Å². The molecule has 21 heavy (non-hydrogen) atoms. The van der Waals surface area contributed by atoms with Gasteiger partial charge >= 0.3 is 7.60 Å². The molecular weight excluding hydrogens is 283 g/mol. The number of rotatable bonds is 6. The molecule has 0 radical (unpaired) electrons. The zero-order chi connectivity index (χ0) is 15.5. The highest BCUT2D eigenvalue weighted by molar-refractivity contribution is 7.53. The summed E-state index contributed by atoms with van der Waals surface area (Å²) >= 11 is 0. The maximum absolute atomic E-state index is 12.8. The van der Waals surface area contributed by atoms with E-state index in [0.29, 0.717) is 19.4 Å². The molecule has 0 saturated heterocycles. The van der Waals surface area contributed by atoms with Gasteiger partial charge in [-0.05, 0) is 36.3 Å². The molecule has 0 amide bonds. The fourth-order valence-corrected chi connectivity index (χ4v) is 5.09. The minimum Gasteiger partial charge on any atom is -0.309 e. The molecule has 2 rings (SSSR count). The molecule has 0 fully saturated rings. The van der Waals surface area contributed by atoms with Gasteiger partial charge in [-0.25, -0.2) is 0 Å². The Kier molecular flexibility index (Phi) is 5.08. The summed E-state index contributed by atoms with van der Waals surface area (Å²) in [6.07, 6.45) is 4.69. The normalized spacial score (nSPS) is 20.3. The summed E-state index contributed by atoms with van der Waals surface area (Å²) in [5, 5.41) is 0. The fourth-order valence-electron chi connectivity index (χ4n) is 2.96. The molecule has 0 aromatic heterocycles. The van der Waals surface area contributed by atoms with Gasteiger partial charge in [0.05, 0.1) is 19.4 Å². The molecule has 1 aromatic carbocycles. The van der Waals surface area contributed by atoms with Crippen LogP contribution in [0, 0.1) is 5.92 Å². The molecule has 1 aliphatic rings. The third-order valence-corrected chi connectivity index (χ3v) is 6.31. The van der Waals surface area contributed by atoms with Crippen LogP contribution in [0.25, 0.3) is 6.08 Å². The molecule has 1 atom stereocenters. The Morgan fingerprint density at radius 1 is 1.14 bits per heavy atom. The Morgan fingerprint density at radius 3 is 2.38 bits per heavy atom. The molecule has 116 valence electrons. The molecule has 0 heterocycles. The van der Waals surface area contributed by atoms with E-state index < -0.39 is 7.60 Å². The first-order chi connectivity index (χ1) is 9.93. The third kappa shape index (κ3) is 3.48. The van der Waals surface area contributed by atoms with Gasteiger partial charge in [0.2, 0.25) is 0 Å². The average Bonchev–Trinajstić information content (AvgIpc) is 2.43. The lowest BCUT2D eigenvalue weighted by Gasteiger charge is -2.38. The number of allylic oxidation sites excluding steroid dienone is 1. The monoisotopic (exact) mass is 308 g/mol. The average molecular weight is 308 g/mol. The van der Waals surface area contributed by atoms with Crippen LogP contribution in [0.4, 0.5) is 0 Å². The smallest absolute Gasteiger partial charge is 0.309 e. The Labute approximate surface area is 127 Å². The maximum atomic E-state index is 12.8. The first-order valence-corrected chi connectivity index (χ1v) is 9.31. The van der Waals surface area contributed by atoms with Crippen LogP contribution in [0.1, 0.15) is 38.8 Å². The summed E-state index contributed by atoms with van der Waals surface area (Å²) in [6, 6.07) is 8.37. The van der Waals surface area contributed by atoms with Crippen molar-refractivity contribution in [2.45, 2.75) is 33.1 Å². The van der Waals surface area contributed by atoms with Gasteiger partial charge in [-0.15, -0.1) is 0 Å². The predicted molar refractivity (Wildman–Crippen MR) is 87.7 cm³/mol. The van der Waals surface area contributed by atoms with Crippen LogP contribution in [-0.2, 0) is 19.0 Å². The van der Waals surface area contributed by atoms with Crippen molar-refractivity contribution in [3.05, 3.63) is 41.5 Å². The molecule has 1 aliphatic carbocycles. The second-order valence-electron chi connectivity index (χ2n) is 5.90. The largest absolute Gasteiger partial charge is 0.331 e. The summed E-state index contributed by atoms with van der Waals surface area (Å²) in [4.78, 5) is 0. The van der Waals surface area contributed by atoms with E-state index in [1.165, 1.54) is 11.1 Å². The second kappa shape index (κ2) is 6.48. The number of benzene rings is 1. The van der Waals surface area contributed by atoms with Gasteiger partial charge in [-0.3, -0.25) is 4.57 Å². The van der Waals surface area contributed by atoms with E-state index in [4.69, 9.17) is 9.05 Å². The van der Waals surface area contributed by atoms with Crippen molar-refractivity contribution in [3.8, 4) is 0 Å². The van der Waals surface area contributed by atoms with Gasteiger partial charge in [-0.2, -0.15) is 0 Å². The molecular formula is C17H25O3P. The van der Waals surface area contributed by atoms with Crippen LogP contribution in [0.3, 0.4) is 0 Å². The van der Waals surface area contributed by atoms with Crippen LogP contribution >= 0.6 is 7.60 Å². The third-order valence-electron chi connectivity index (χ3n) is 4.16. The first kappa shape index (κ1) is 16.5. The van der Waals surface area contributed by atoms with Crippen LogP contribution in [-0.4, -0.2) is 19.4 Å². The van der Waals surface area contributed by atoms with Crippen molar-refractivity contribution in [1.29, 1.82) is 0 Å². The summed E-state index contributed by atoms with van der Waals surface area (Å²) in [5.41, 5.74) is 2.44. The Bertz CT molecular complexity index is 553.